The normalized spacial score (nSPS) is 14.5. The topological polar surface area (TPSA) is 0 Å². The van der Waals surface area contributed by atoms with Crippen molar-refractivity contribution in [1.29, 1.82) is 0 Å². The molecular formula is C22H26. The highest BCUT2D eigenvalue weighted by Crippen LogP contribution is 2.32. The first-order valence-corrected chi connectivity index (χ1v) is 8.23. The average molecular weight is 290 g/mol. The van der Waals surface area contributed by atoms with E-state index in [-0.39, 0.29) is 0 Å². The number of hydrogen-bond acceptors (Lipinski definition) is 0. The zero-order valence-corrected chi connectivity index (χ0v) is 13.4. The van der Waals surface area contributed by atoms with Crippen LogP contribution in [0.3, 0.4) is 0 Å². The Morgan fingerprint density at radius 2 is 1.23 bits per heavy atom. The third-order valence-electron chi connectivity index (χ3n) is 4.28. The summed E-state index contributed by atoms with van der Waals surface area (Å²) < 4.78 is 0. The number of hydrogen-bond donors (Lipinski definition) is 0. The van der Waals surface area contributed by atoms with Crippen LogP contribution >= 0.6 is 0 Å². The first-order valence-electron chi connectivity index (χ1n) is 8.23. The standard InChI is InChI=1S/C14H18.C8H8/c1-2-12-8-10-14(11-9-12)13-6-4-3-5-7-13;1-2-8-6-4-3-5-7-8/h2,8-11,13H,1,3-7H2;2-7H,1H2. The fraction of sp³-hybridized carbons (Fsp3) is 0.273. The summed E-state index contributed by atoms with van der Waals surface area (Å²) in [6.07, 6.45) is 10.8. The number of rotatable bonds is 3. The minimum absolute atomic E-state index is 0.822. The molecule has 0 unspecified atom stereocenters. The lowest BCUT2D eigenvalue weighted by Crippen LogP contribution is -2.04. The zero-order valence-electron chi connectivity index (χ0n) is 13.4. The molecule has 0 heterocycles. The highest BCUT2D eigenvalue weighted by atomic mass is 14.2. The molecule has 1 aliphatic rings. The van der Waals surface area contributed by atoms with E-state index >= 15 is 0 Å². The monoisotopic (exact) mass is 290 g/mol. The Hall–Kier alpha value is -2.08. The minimum Gasteiger partial charge on any atom is -0.0985 e. The van der Waals surface area contributed by atoms with Crippen LogP contribution in [0.25, 0.3) is 12.2 Å². The van der Waals surface area contributed by atoms with Gasteiger partial charge in [0.15, 0.2) is 0 Å². The predicted octanol–water partition coefficient (Wildman–Crippen LogP) is 6.71. The third kappa shape index (κ3) is 5.04. The molecule has 1 aliphatic carbocycles. The maximum atomic E-state index is 3.77. The molecule has 0 aliphatic heterocycles. The second-order valence-electron chi connectivity index (χ2n) is 5.82. The highest BCUT2D eigenvalue weighted by Gasteiger charge is 2.14. The second kappa shape index (κ2) is 9.04. The summed E-state index contributed by atoms with van der Waals surface area (Å²) in [4.78, 5) is 0. The Labute approximate surface area is 135 Å². The van der Waals surface area contributed by atoms with Crippen LogP contribution in [-0.4, -0.2) is 0 Å². The molecule has 0 radical (unpaired) electrons. The van der Waals surface area contributed by atoms with Crippen LogP contribution in [0.5, 0.6) is 0 Å². The van der Waals surface area contributed by atoms with Gasteiger partial charge in [-0.1, -0.05) is 99.2 Å². The van der Waals surface area contributed by atoms with Gasteiger partial charge in [0.2, 0.25) is 0 Å². The first-order chi connectivity index (χ1) is 10.8. The zero-order chi connectivity index (χ0) is 15.6. The van der Waals surface area contributed by atoms with Gasteiger partial charge in [0, 0.05) is 0 Å². The van der Waals surface area contributed by atoms with Crippen LogP contribution in [0.2, 0.25) is 0 Å². The van der Waals surface area contributed by atoms with Gasteiger partial charge < -0.3 is 0 Å². The molecule has 0 atom stereocenters. The van der Waals surface area contributed by atoms with Gasteiger partial charge in [0.1, 0.15) is 0 Å². The fourth-order valence-electron chi connectivity index (χ4n) is 2.93. The second-order valence-corrected chi connectivity index (χ2v) is 5.82. The molecule has 1 fully saturated rings. The molecule has 0 spiro atoms. The van der Waals surface area contributed by atoms with Gasteiger partial charge in [-0.3, -0.25) is 0 Å². The van der Waals surface area contributed by atoms with E-state index in [9.17, 15) is 0 Å². The Morgan fingerprint density at radius 1 is 0.682 bits per heavy atom. The molecular weight excluding hydrogens is 264 g/mol. The lowest BCUT2D eigenvalue weighted by Gasteiger charge is -2.21. The maximum absolute atomic E-state index is 3.77. The molecule has 0 nitrogen and oxygen atoms in total. The summed E-state index contributed by atoms with van der Waals surface area (Å²) in [5.41, 5.74) is 3.92. The molecule has 2 aromatic rings. The van der Waals surface area contributed by atoms with Crippen molar-refractivity contribution in [3.8, 4) is 0 Å². The maximum Gasteiger partial charge on any atom is -0.0162 e. The lowest BCUT2D eigenvalue weighted by atomic mass is 9.84. The first kappa shape index (κ1) is 16.3. The fourth-order valence-corrected chi connectivity index (χ4v) is 2.93. The molecule has 114 valence electrons. The Kier molecular flexibility index (Phi) is 6.70. The molecule has 3 rings (SSSR count). The van der Waals surface area contributed by atoms with E-state index in [1.54, 1.807) is 0 Å². The predicted molar refractivity (Wildman–Crippen MR) is 98.9 cm³/mol. The van der Waals surface area contributed by atoms with Crippen molar-refractivity contribution in [2.45, 2.75) is 38.0 Å². The Morgan fingerprint density at radius 3 is 1.73 bits per heavy atom. The summed E-state index contributed by atoms with van der Waals surface area (Å²) >= 11 is 0. The average Bonchev–Trinajstić information content (AvgIpc) is 2.64. The van der Waals surface area contributed by atoms with E-state index in [1.807, 2.05) is 42.5 Å². The van der Waals surface area contributed by atoms with Crippen LogP contribution in [-0.2, 0) is 0 Å². The van der Waals surface area contributed by atoms with E-state index in [0.717, 1.165) is 5.92 Å². The quantitative estimate of drug-likeness (QED) is 0.589. The van der Waals surface area contributed by atoms with Crippen molar-refractivity contribution in [1.82, 2.24) is 0 Å². The summed E-state index contributed by atoms with van der Waals surface area (Å²) in [5.74, 6) is 0.822. The van der Waals surface area contributed by atoms with Crippen LogP contribution in [0.15, 0.2) is 67.8 Å². The van der Waals surface area contributed by atoms with Gasteiger partial charge in [-0.2, -0.15) is 0 Å². The third-order valence-corrected chi connectivity index (χ3v) is 4.28. The Bertz CT molecular complexity index is 557. The van der Waals surface area contributed by atoms with Gasteiger partial charge in [-0.25, -0.2) is 0 Å². The summed E-state index contributed by atoms with van der Waals surface area (Å²) in [5, 5.41) is 0. The summed E-state index contributed by atoms with van der Waals surface area (Å²) in [6, 6.07) is 18.9. The van der Waals surface area contributed by atoms with E-state index in [4.69, 9.17) is 0 Å². The van der Waals surface area contributed by atoms with Crippen molar-refractivity contribution in [2.75, 3.05) is 0 Å². The molecule has 0 bridgehead atoms. The molecule has 1 saturated carbocycles. The van der Waals surface area contributed by atoms with E-state index in [0.29, 0.717) is 0 Å². The molecule has 0 saturated heterocycles. The van der Waals surface area contributed by atoms with Crippen LogP contribution < -0.4 is 0 Å². The van der Waals surface area contributed by atoms with Crippen LogP contribution in [0.1, 0.15) is 54.7 Å². The van der Waals surface area contributed by atoms with E-state index in [1.165, 1.54) is 48.8 Å². The van der Waals surface area contributed by atoms with Gasteiger partial charge in [-0.15, -0.1) is 0 Å². The largest absolute Gasteiger partial charge is 0.0985 e. The van der Waals surface area contributed by atoms with Crippen molar-refractivity contribution in [2.24, 2.45) is 0 Å². The van der Waals surface area contributed by atoms with E-state index in [2.05, 4.69) is 37.4 Å². The highest BCUT2D eigenvalue weighted by molar-refractivity contribution is 5.47. The van der Waals surface area contributed by atoms with E-state index < -0.39 is 0 Å². The molecule has 22 heavy (non-hydrogen) atoms. The summed E-state index contributed by atoms with van der Waals surface area (Å²) in [6.45, 7) is 7.40. The van der Waals surface area contributed by atoms with Crippen molar-refractivity contribution in [3.63, 3.8) is 0 Å². The SMILES string of the molecule is C=Cc1ccc(C2CCCCC2)cc1.C=Cc1ccccc1. The molecule has 0 N–H and O–H groups in total. The van der Waals surface area contributed by atoms with Gasteiger partial charge in [0.25, 0.3) is 0 Å². The minimum atomic E-state index is 0.822. The molecule has 0 aromatic heterocycles. The van der Waals surface area contributed by atoms with Crippen molar-refractivity contribution >= 4 is 12.2 Å². The van der Waals surface area contributed by atoms with Gasteiger partial charge >= 0.3 is 0 Å². The molecule has 0 heteroatoms. The molecule has 2 aromatic carbocycles. The summed E-state index contributed by atoms with van der Waals surface area (Å²) in [7, 11) is 0. The lowest BCUT2D eigenvalue weighted by molar-refractivity contribution is 0.443. The van der Waals surface area contributed by atoms with Gasteiger partial charge in [-0.05, 0) is 35.4 Å². The van der Waals surface area contributed by atoms with Crippen molar-refractivity contribution < 1.29 is 0 Å². The Balaban J connectivity index is 0.000000188. The molecule has 0 amide bonds. The van der Waals surface area contributed by atoms with Gasteiger partial charge in [0.05, 0.1) is 0 Å². The smallest absolute Gasteiger partial charge is 0.0162 e. The van der Waals surface area contributed by atoms with Crippen molar-refractivity contribution in [3.05, 3.63) is 84.4 Å². The number of benzene rings is 2. The van der Waals surface area contributed by atoms with Crippen LogP contribution in [0.4, 0.5) is 0 Å². The van der Waals surface area contributed by atoms with Crippen LogP contribution in [0, 0.1) is 0 Å².